The van der Waals surface area contributed by atoms with Gasteiger partial charge in [0.15, 0.2) is 0 Å². The van der Waals surface area contributed by atoms with Gasteiger partial charge in [-0.3, -0.25) is 14.2 Å². The number of amides is 1. The lowest BCUT2D eigenvalue weighted by atomic mass is 9.90. The van der Waals surface area contributed by atoms with E-state index in [-0.39, 0.29) is 11.5 Å². The smallest absolute Gasteiger partial charge is 0.271 e. The molecule has 28 heavy (non-hydrogen) atoms. The van der Waals surface area contributed by atoms with Crippen LogP contribution in [0.3, 0.4) is 0 Å². The van der Waals surface area contributed by atoms with E-state index in [2.05, 4.69) is 33.7 Å². The van der Waals surface area contributed by atoms with Crippen LogP contribution in [-0.4, -0.2) is 21.2 Å². The third kappa shape index (κ3) is 2.91. The summed E-state index contributed by atoms with van der Waals surface area (Å²) in [6.07, 6.45) is 4.29. The molecule has 0 saturated heterocycles. The zero-order valence-electron chi connectivity index (χ0n) is 15.4. The zero-order chi connectivity index (χ0) is 19.1. The molecular formula is C22H20N4O2. The Morgan fingerprint density at radius 3 is 2.82 bits per heavy atom. The van der Waals surface area contributed by atoms with Gasteiger partial charge >= 0.3 is 0 Å². The molecule has 6 nitrogen and oxygen atoms in total. The Balaban J connectivity index is 1.38. The largest absolute Gasteiger partial charge is 0.296 e. The Morgan fingerprint density at radius 1 is 1.07 bits per heavy atom. The molecular weight excluding hydrogens is 352 g/mol. The van der Waals surface area contributed by atoms with Crippen molar-refractivity contribution in [1.82, 2.24) is 15.0 Å². The molecule has 2 aromatic carbocycles. The maximum atomic E-state index is 12.6. The third-order valence-electron chi connectivity index (χ3n) is 5.59. The summed E-state index contributed by atoms with van der Waals surface area (Å²) in [7, 11) is 0. The summed E-state index contributed by atoms with van der Waals surface area (Å²) < 4.78 is 1.73. The second kappa shape index (κ2) is 6.71. The Morgan fingerprint density at radius 2 is 1.93 bits per heavy atom. The molecule has 1 aliphatic carbocycles. The molecule has 1 aliphatic heterocycles. The molecule has 2 heterocycles. The quantitative estimate of drug-likeness (QED) is 0.703. The Hall–Kier alpha value is -3.28. The van der Waals surface area contributed by atoms with E-state index in [1.807, 2.05) is 6.07 Å². The van der Waals surface area contributed by atoms with Crippen molar-refractivity contribution in [3.8, 4) is 0 Å². The average Bonchev–Trinajstić information content (AvgIpc) is 3.20. The fourth-order valence-corrected chi connectivity index (χ4v) is 4.08. The lowest BCUT2D eigenvalue weighted by Gasteiger charge is -2.17. The van der Waals surface area contributed by atoms with Crippen molar-refractivity contribution in [2.45, 2.75) is 38.6 Å². The molecule has 2 aliphatic rings. The first-order chi connectivity index (χ1) is 13.7. The van der Waals surface area contributed by atoms with E-state index in [1.54, 1.807) is 22.8 Å². The van der Waals surface area contributed by atoms with Gasteiger partial charge in [0.25, 0.3) is 11.5 Å². The van der Waals surface area contributed by atoms with Gasteiger partial charge in [0, 0.05) is 30.7 Å². The lowest BCUT2D eigenvalue weighted by molar-refractivity contribution is 0.0954. The predicted octanol–water partition coefficient (Wildman–Crippen LogP) is 2.62. The van der Waals surface area contributed by atoms with Gasteiger partial charge < -0.3 is 0 Å². The molecule has 1 aromatic heterocycles. The van der Waals surface area contributed by atoms with Gasteiger partial charge in [0.1, 0.15) is 5.82 Å². The number of hydrazone groups is 1. The summed E-state index contributed by atoms with van der Waals surface area (Å²) in [5.74, 6) is 0.520. The van der Waals surface area contributed by atoms with Crippen molar-refractivity contribution in [3.63, 3.8) is 0 Å². The van der Waals surface area contributed by atoms with Crippen molar-refractivity contribution in [2.24, 2.45) is 5.10 Å². The molecule has 5 rings (SSSR count). The summed E-state index contributed by atoms with van der Waals surface area (Å²) in [5, 5.41) is 4.90. The summed E-state index contributed by atoms with van der Waals surface area (Å²) in [6, 6.07) is 13.4. The van der Waals surface area contributed by atoms with Crippen LogP contribution in [0.1, 0.15) is 40.2 Å². The van der Waals surface area contributed by atoms with Crippen molar-refractivity contribution in [3.05, 3.63) is 75.3 Å². The van der Waals surface area contributed by atoms with Crippen LogP contribution in [0, 0.1) is 0 Å². The SMILES string of the molecule is O=C(N/N=C1\CCc2ccccc2C1)c1ccc2c(=O)n3c(nc2c1)CCC3. The van der Waals surface area contributed by atoms with Crippen LogP contribution in [0.5, 0.6) is 0 Å². The first-order valence-electron chi connectivity index (χ1n) is 9.65. The van der Waals surface area contributed by atoms with E-state index < -0.39 is 0 Å². The molecule has 0 spiro atoms. The number of aromatic nitrogens is 2. The first kappa shape index (κ1) is 16.9. The second-order valence-corrected chi connectivity index (χ2v) is 7.38. The highest BCUT2D eigenvalue weighted by Crippen LogP contribution is 2.19. The van der Waals surface area contributed by atoms with Crippen LogP contribution < -0.4 is 11.0 Å². The Bertz CT molecular complexity index is 1190. The number of hydrogen-bond donors (Lipinski definition) is 1. The summed E-state index contributed by atoms with van der Waals surface area (Å²) in [5.41, 5.74) is 7.28. The summed E-state index contributed by atoms with van der Waals surface area (Å²) >= 11 is 0. The van der Waals surface area contributed by atoms with Gasteiger partial charge in [-0.2, -0.15) is 5.10 Å². The fraction of sp³-hybridized carbons (Fsp3) is 0.273. The molecule has 0 fully saturated rings. The van der Waals surface area contributed by atoms with Gasteiger partial charge in [0.05, 0.1) is 10.9 Å². The van der Waals surface area contributed by atoms with Gasteiger partial charge in [-0.05, 0) is 48.6 Å². The minimum Gasteiger partial charge on any atom is -0.296 e. The third-order valence-corrected chi connectivity index (χ3v) is 5.59. The number of carbonyl (C=O) groups excluding carboxylic acids is 1. The van der Waals surface area contributed by atoms with Gasteiger partial charge in [-0.1, -0.05) is 24.3 Å². The average molecular weight is 372 g/mol. The Kier molecular flexibility index (Phi) is 4.04. The maximum Gasteiger partial charge on any atom is 0.271 e. The number of aryl methyl sites for hydroxylation is 2. The van der Waals surface area contributed by atoms with E-state index >= 15 is 0 Å². The number of benzene rings is 2. The molecule has 1 amide bonds. The molecule has 1 N–H and O–H groups in total. The maximum absolute atomic E-state index is 12.6. The van der Waals surface area contributed by atoms with Crippen LogP contribution in [0.25, 0.3) is 10.9 Å². The van der Waals surface area contributed by atoms with Gasteiger partial charge in [-0.15, -0.1) is 0 Å². The molecule has 0 atom stereocenters. The van der Waals surface area contributed by atoms with E-state index in [1.165, 1.54) is 11.1 Å². The minimum absolute atomic E-state index is 0.0226. The number of fused-ring (bicyclic) bond motifs is 3. The number of hydrogen-bond acceptors (Lipinski definition) is 4. The molecule has 140 valence electrons. The van der Waals surface area contributed by atoms with Crippen LogP contribution in [0.4, 0.5) is 0 Å². The highest BCUT2D eigenvalue weighted by molar-refractivity contribution is 5.98. The predicted molar refractivity (Wildman–Crippen MR) is 108 cm³/mol. The summed E-state index contributed by atoms with van der Waals surface area (Å²) in [4.78, 5) is 29.7. The van der Waals surface area contributed by atoms with Crippen LogP contribution in [0.15, 0.2) is 52.4 Å². The van der Waals surface area contributed by atoms with Crippen molar-refractivity contribution in [2.75, 3.05) is 0 Å². The number of carbonyl (C=O) groups is 1. The molecule has 3 aromatic rings. The highest BCUT2D eigenvalue weighted by Gasteiger charge is 2.18. The minimum atomic E-state index is -0.282. The zero-order valence-corrected chi connectivity index (χ0v) is 15.4. The topological polar surface area (TPSA) is 76.3 Å². The number of nitrogens with zero attached hydrogens (tertiary/aromatic N) is 3. The van der Waals surface area contributed by atoms with Crippen LogP contribution >= 0.6 is 0 Å². The second-order valence-electron chi connectivity index (χ2n) is 7.38. The highest BCUT2D eigenvalue weighted by atomic mass is 16.2. The van der Waals surface area contributed by atoms with Crippen LogP contribution in [0.2, 0.25) is 0 Å². The number of rotatable bonds is 2. The van der Waals surface area contributed by atoms with Crippen molar-refractivity contribution >= 4 is 22.5 Å². The fourth-order valence-electron chi connectivity index (χ4n) is 4.08. The van der Waals surface area contributed by atoms with E-state index in [4.69, 9.17) is 0 Å². The van der Waals surface area contributed by atoms with Crippen molar-refractivity contribution < 1.29 is 4.79 Å². The molecule has 0 unspecified atom stereocenters. The van der Waals surface area contributed by atoms with Crippen LogP contribution in [-0.2, 0) is 25.8 Å². The Labute approximate surface area is 161 Å². The van der Waals surface area contributed by atoms with E-state index in [9.17, 15) is 9.59 Å². The normalized spacial score (nSPS) is 16.8. The summed E-state index contributed by atoms with van der Waals surface area (Å²) in [6.45, 7) is 0.722. The van der Waals surface area contributed by atoms with Gasteiger partial charge in [0.2, 0.25) is 0 Å². The number of nitrogens with one attached hydrogen (secondary N) is 1. The van der Waals surface area contributed by atoms with E-state index in [0.717, 1.165) is 50.2 Å². The monoisotopic (exact) mass is 372 g/mol. The van der Waals surface area contributed by atoms with E-state index in [0.29, 0.717) is 16.5 Å². The van der Waals surface area contributed by atoms with Gasteiger partial charge in [-0.25, -0.2) is 10.4 Å². The molecule has 0 bridgehead atoms. The van der Waals surface area contributed by atoms with Crippen molar-refractivity contribution in [1.29, 1.82) is 0 Å². The molecule has 6 heteroatoms. The standard InChI is InChI=1S/C22H20N4O2/c27-21(25-24-17-9-7-14-4-1-2-5-15(14)12-17)16-8-10-18-19(13-16)23-20-6-3-11-26(20)22(18)28/h1-2,4-5,8,10,13H,3,6-7,9,11-12H2,(H,25,27)/b24-17+. The molecule has 0 saturated carbocycles. The molecule has 0 radical (unpaired) electrons. The lowest BCUT2D eigenvalue weighted by Crippen LogP contribution is -2.23. The first-order valence-corrected chi connectivity index (χ1v) is 9.65.